The Labute approximate surface area is 182 Å². The van der Waals surface area contributed by atoms with Gasteiger partial charge in [-0.3, -0.25) is 0 Å². The SMILES string of the molecule is CC(C)c1oc(-c2ccccc2)c(-c2ccc(F)cc2)c1/C=C/[C@@H](O)C[C@@H](O)CCO. The molecule has 2 aromatic carbocycles. The van der Waals surface area contributed by atoms with E-state index in [1.165, 1.54) is 12.1 Å². The molecule has 3 rings (SSSR count). The van der Waals surface area contributed by atoms with Crippen molar-refractivity contribution < 1.29 is 24.1 Å². The predicted molar refractivity (Wildman–Crippen MR) is 121 cm³/mol. The van der Waals surface area contributed by atoms with E-state index in [1.807, 2.05) is 44.2 Å². The molecule has 5 heteroatoms. The van der Waals surface area contributed by atoms with Gasteiger partial charge in [0.25, 0.3) is 0 Å². The zero-order valence-electron chi connectivity index (χ0n) is 17.8. The zero-order valence-corrected chi connectivity index (χ0v) is 17.8. The minimum Gasteiger partial charge on any atom is -0.459 e. The first-order valence-electron chi connectivity index (χ1n) is 10.5. The molecule has 164 valence electrons. The fourth-order valence-corrected chi connectivity index (χ4v) is 3.58. The highest BCUT2D eigenvalue weighted by molar-refractivity contribution is 5.88. The van der Waals surface area contributed by atoms with E-state index in [-0.39, 0.29) is 31.2 Å². The van der Waals surface area contributed by atoms with Gasteiger partial charge in [-0.1, -0.05) is 68.5 Å². The second-order valence-corrected chi connectivity index (χ2v) is 7.94. The Morgan fingerprint density at radius 3 is 2.26 bits per heavy atom. The highest BCUT2D eigenvalue weighted by Crippen LogP contribution is 2.42. The van der Waals surface area contributed by atoms with Crippen LogP contribution in [0.25, 0.3) is 28.5 Å². The lowest BCUT2D eigenvalue weighted by Crippen LogP contribution is -2.16. The van der Waals surface area contributed by atoms with E-state index in [0.717, 1.165) is 28.0 Å². The second-order valence-electron chi connectivity index (χ2n) is 7.94. The molecule has 0 radical (unpaired) electrons. The summed E-state index contributed by atoms with van der Waals surface area (Å²) in [5, 5.41) is 29.2. The third kappa shape index (κ3) is 5.70. The van der Waals surface area contributed by atoms with Crippen molar-refractivity contribution in [3.8, 4) is 22.5 Å². The minimum absolute atomic E-state index is 0.0773. The normalized spacial score (nSPS) is 13.8. The van der Waals surface area contributed by atoms with Crippen LogP contribution in [0.2, 0.25) is 0 Å². The summed E-state index contributed by atoms with van der Waals surface area (Å²) >= 11 is 0. The molecule has 1 heterocycles. The summed E-state index contributed by atoms with van der Waals surface area (Å²) in [7, 11) is 0. The third-order valence-corrected chi connectivity index (χ3v) is 5.13. The summed E-state index contributed by atoms with van der Waals surface area (Å²) in [4.78, 5) is 0. The number of furan rings is 1. The van der Waals surface area contributed by atoms with E-state index in [9.17, 15) is 14.6 Å². The molecular formula is C26H29FO4. The molecule has 0 saturated heterocycles. The maximum absolute atomic E-state index is 13.6. The van der Waals surface area contributed by atoms with Crippen molar-refractivity contribution in [2.24, 2.45) is 0 Å². The molecule has 31 heavy (non-hydrogen) atoms. The summed E-state index contributed by atoms with van der Waals surface area (Å²) < 4.78 is 19.9. The van der Waals surface area contributed by atoms with Gasteiger partial charge in [-0.2, -0.15) is 0 Å². The summed E-state index contributed by atoms with van der Waals surface area (Å²) in [6.07, 6.45) is 2.11. The molecule has 0 aliphatic rings. The molecule has 0 spiro atoms. The summed E-state index contributed by atoms with van der Waals surface area (Å²) in [5.41, 5.74) is 3.36. The summed E-state index contributed by atoms with van der Waals surface area (Å²) in [6.45, 7) is 3.92. The lowest BCUT2D eigenvalue weighted by atomic mass is 9.94. The summed E-state index contributed by atoms with van der Waals surface area (Å²) in [5.74, 6) is 1.21. The number of aliphatic hydroxyl groups excluding tert-OH is 3. The van der Waals surface area contributed by atoms with Crippen molar-refractivity contribution in [1.29, 1.82) is 0 Å². The van der Waals surface area contributed by atoms with Gasteiger partial charge < -0.3 is 19.7 Å². The monoisotopic (exact) mass is 424 g/mol. The van der Waals surface area contributed by atoms with Gasteiger partial charge in [-0.15, -0.1) is 0 Å². The Kier molecular flexibility index (Phi) is 7.80. The van der Waals surface area contributed by atoms with E-state index in [2.05, 4.69) is 0 Å². The molecule has 2 atom stereocenters. The van der Waals surface area contributed by atoms with Crippen molar-refractivity contribution in [1.82, 2.24) is 0 Å². The first kappa shape index (κ1) is 22.9. The topological polar surface area (TPSA) is 73.8 Å². The second kappa shape index (κ2) is 10.5. The van der Waals surface area contributed by atoms with Gasteiger partial charge in [-0.25, -0.2) is 4.39 Å². The molecular weight excluding hydrogens is 395 g/mol. The fraction of sp³-hybridized carbons (Fsp3) is 0.308. The Hall–Kier alpha value is -2.73. The first-order valence-corrected chi connectivity index (χ1v) is 10.5. The molecule has 3 N–H and O–H groups in total. The van der Waals surface area contributed by atoms with E-state index in [4.69, 9.17) is 9.52 Å². The molecule has 0 aliphatic heterocycles. The van der Waals surface area contributed by atoms with Crippen molar-refractivity contribution in [2.45, 2.75) is 44.8 Å². The van der Waals surface area contributed by atoms with Crippen LogP contribution >= 0.6 is 0 Å². The quantitative estimate of drug-likeness (QED) is 0.431. The molecule has 0 aliphatic carbocycles. The number of aliphatic hydroxyl groups is 3. The van der Waals surface area contributed by atoms with Crippen LogP contribution < -0.4 is 0 Å². The largest absolute Gasteiger partial charge is 0.459 e. The van der Waals surface area contributed by atoms with Crippen LogP contribution in [0.3, 0.4) is 0 Å². The lowest BCUT2D eigenvalue weighted by Gasteiger charge is -2.12. The number of hydrogen-bond acceptors (Lipinski definition) is 4. The molecule has 1 aromatic heterocycles. The van der Waals surface area contributed by atoms with Crippen LogP contribution in [0.15, 0.2) is 65.1 Å². The van der Waals surface area contributed by atoms with Crippen LogP contribution in [0, 0.1) is 5.82 Å². The van der Waals surface area contributed by atoms with E-state index in [0.29, 0.717) is 5.76 Å². The molecule has 0 unspecified atom stereocenters. The van der Waals surface area contributed by atoms with Crippen LogP contribution in [-0.4, -0.2) is 34.1 Å². The van der Waals surface area contributed by atoms with Gasteiger partial charge in [0.2, 0.25) is 0 Å². The minimum atomic E-state index is -0.877. The van der Waals surface area contributed by atoms with Gasteiger partial charge >= 0.3 is 0 Å². The molecule has 0 saturated carbocycles. The highest BCUT2D eigenvalue weighted by Gasteiger charge is 2.23. The zero-order chi connectivity index (χ0) is 22.4. The lowest BCUT2D eigenvalue weighted by molar-refractivity contribution is 0.0827. The van der Waals surface area contributed by atoms with Crippen molar-refractivity contribution in [3.05, 3.63) is 77.8 Å². The molecule has 3 aromatic rings. The molecule has 0 fully saturated rings. The van der Waals surface area contributed by atoms with Crippen molar-refractivity contribution in [2.75, 3.05) is 6.61 Å². The number of hydrogen-bond donors (Lipinski definition) is 3. The summed E-state index contributed by atoms with van der Waals surface area (Å²) in [6, 6.07) is 16.0. The van der Waals surface area contributed by atoms with Crippen molar-refractivity contribution >= 4 is 6.08 Å². The standard InChI is InChI=1S/C26H29FO4/c1-17(2)25-23(13-12-21(29)16-22(30)14-15-28)24(18-8-10-20(27)11-9-18)26(31-25)19-6-4-3-5-7-19/h3-13,17,21-22,28-30H,14-16H2,1-2H3/b13-12+/t21-,22+/m1/s1. The number of halogens is 1. The van der Waals surface area contributed by atoms with Crippen LogP contribution in [0.1, 0.15) is 43.9 Å². The average Bonchev–Trinajstić information content (AvgIpc) is 3.13. The third-order valence-electron chi connectivity index (χ3n) is 5.13. The molecule has 4 nitrogen and oxygen atoms in total. The van der Waals surface area contributed by atoms with E-state index in [1.54, 1.807) is 24.3 Å². The van der Waals surface area contributed by atoms with Gasteiger partial charge in [0.05, 0.1) is 12.2 Å². The van der Waals surface area contributed by atoms with Gasteiger partial charge in [0.1, 0.15) is 17.3 Å². The highest BCUT2D eigenvalue weighted by atomic mass is 19.1. The van der Waals surface area contributed by atoms with Crippen LogP contribution in [0.5, 0.6) is 0 Å². The van der Waals surface area contributed by atoms with Crippen LogP contribution in [-0.2, 0) is 0 Å². The fourth-order valence-electron chi connectivity index (χ4n) is 3.58. The van der Waals surface area contributed by atoms with Crippen molar-refractivity contribution in [3.63, 3.8) is 0 Å². The van der Waals surface area contributed by atoms with Gasteiger partial charge in [0.15, 0.2) is 0 Å². The predicted octanol–water partition coefficient (Wildman–Crippen LogP) is 5.38. The average molecular weight is 425 g/mol. The first-order chi connectivity index (χ1) is 14.9. The Balaban J connectivity index is 2.11. The van der Waals surface area contributed by atoms with Crippen LogP contribution in [0.4, 0.5) is 4.39 Å². The maximum atomic E-state index is 13.6. The number of benzene rings is 2. The Morgan fingerprint density at radius 1 is 0.968 bits per heavy atom. The van der Waals surface area contributed by atoms with Gasteiger partial charge in [0, 0.05) is 35.6 Å². The maximum Gasteiger partial charge on any atom is 0.142 e. The molecule has 0 bridgehead atoms. The van der Waals surface area contributed by atoms with Gasteiger partial charge in [-0.05, 0) is 24.1 Å². The smallest absolute Gasteiger partial charge is 0.142 e. The number of rotatable bonds is 9. The van der Waals surface area contributed by atoms with E-state index >= 15 is 0 Å². The Bertz CT molecular complexity index is 990. The molecule has 0 amide bonds. The Morgan fingerprint density at radius 2 is 1.65 bits per heavy atom. The van der Waals surface area contributed by atoms with E-state index < -0.39 is 12.2 Å².